The van der Waals surface area contributed by atoms with Crippen LogP contribution in [-0.4, -0.2) is 26.9 Å². The van der Waals surface area contributed by atoms with E-state index in [2.05, 4.69) is 18.3 Å². The fourth-order valence-corrected chi connectivity index (χ4v) is 3.36. The first-order chi connectivity index (χ1) is 10.3. The van der Waals surface area contributed by atoms with Crippen LogP contribution in [0.4, 0.5) is 0 Å². The Balaban J connectivity index is 1.62. The van der Waals surface area contributed by atoms with Crippen molar-refractivity contribution in [1.82, 2.24) is 5.32 Å². The number of nitrogens with one attached hydrogen (secondary N) is 1. The molecule has 1 aromatic carbocycles. The number of rotatable bonds is 5. The van der Waals surface area contributed by atoms with Crippen LogP contribution in [0.2, 0.25) is 0 Å². The second-order valence-electron chi connectivity index (χ2n) is 6.12. The van der Waals surface area contributed by atoms with Gasteiger partial charge in [-0.25, -0.2) is 0 Å². The summed E-state index contributed by atoms with van der Waals surface area (Å²) in [6, 6.07) is 4.10. The van der Waals surface area contributed by atoms with E-state index in [-0.39, 0.29) is 0 Å². The van der Waals surface area contributed by atoms with Crippen LogP contribution in [0.5, 0.6) is 17.2 Å². The topological polar surface area (TPSA) is 39.7 Å². The summed E-state index contributed by atoms with van der Waals surface area (Å²) < 4.78 is 16.7. The highest BCUT2D eigenvalue weighted by Crippen LogP contribution is 2.40. The third kappa shape index (κ3) is 3.26. The number of hydrogen-bond acceptors (Lipinski definition) is 4. The van der Waals surface area contributed by atoms with Crippen LogP contribution >= 0.6 is 0 Å². The first-order valence-corrected chi connectivity index (χ1v) is 7.95. The van der Waals surface area contributed by atoms with Gasteiger partial charge in [-0.05, 0) is 42.5 Å². The minimum absolute atomic E-state index is 0.584. The van der Waals surface area contributed by atoms with Crippen molar-refractivity contribution < 1.29 is 14.2 Å². The third-order valence-electron chi connectivity index (χ3n) is 4.66. The van der Waals surface area contributed by atoms with E-state index in [9.17, 15) is 0 Å². The molecule has 1 fully saturated rings. The van der Waals surface area contributed by atoms with Crippen molar-refractivity contribution in [3.05, 3.63) is 17.7 Å². The molecular weight excluding hydrogens is 266 g/mol. The van der Waals surface area contributed by atoms with Gasteiger partial charge in [0.1, 0.15) is 13.2 Å². The van der Waals surface area contributed by atoms with Gasteiger partial charge in [-0.3, -0.25) is 0 Å². The third-order valence-corrected chi connectivity index (χ3v) is 4.66. The second kappa shape index (κ2) is 6.56. The first-order valence-electron chi connectivity index (χ1n) is 7.95. The smallest absolute Gasteiger partial charge is 0.203 e. The van der Waals surface area contributed by atoms with Crippen molar-refractivity contribution in [3.8, 4) is 17.2 Å². The predicted octanol–water partition coefficient (Wildman–Crippen LogP) is 2.99. The molecule has 21 heavy (non-hydrogen) atoms. The lowest BCUT2D eigenvalue weighted by atomic mass is 9.98. The molecule has 1 aliphatic carbocycles. The van der Waals surface area contributed by atoms with Crippen molar-refractivity contribution >= 4 is 0 Å². The normalized spacial score (nSPS) is 24.1. The molecule has 0 saturated heterocycles. The molecule has 0 bridgehead atoms. The van der Waals surface area contributed by atoms with Crippen LogP contribution < -0.4 is 19.5 Å². The van der Waals surface area contributed by atoms with Gasteiger partial charge in [0.2, 0.25) is 5.75 Å². The minimum Gasteiger partial charge on any atom is -0.493 e. The number of methoxy groups -OCH3 is 1. The SMILES string of the molecule is COc1cc(CNCC2CCCC2C)cc2c1OCCO2. The molecule has 2 aliphatic rings. The Morgan fingerprint density at radius 2 is 2.10 bits per heavy atom. The molecule has 0 spiro atoms. The van der Waals surface area contributed by atoms with Crippen molar-refractivity contribution in [2.75, 3.05) is 26.9 Å². The van der Waals surface area contributed by atoms with E-state index in [4.69, 9.17) is 14.2 Å². The molecule has 1 N–H and O–H groups in total. The van der Waals surface area contributed by atoms with E-state index in [0.717, 1.165) is 42.2 Å². The molecule has 4 heteroatoms. The molecule has 3 rings (SSSR count). The molecule has 1 saturated carbocycles. The second-order valence-corrected chi connectivity index (χ2v) is 6.12. The zero-order chi connectivity index (χ0) is 14.7. The Labute approximate surface area is 126 Å². The summed E-state index contributed by atoms with van der Waals surface area (Å²) in [7, 11) is 1.67. The van der Waals surface area contributed by atoms with Crippen LogP contribution in [0.15, 0.2) is 12.1 Å². The molecule has 2 atom stereocenters. The van der Waals surface area contributed by atoms with Crippen LogP contribution in [-0.2, 0) is 6.54 Å². The van der Waals surface area contributed by atoms with E-state index in [1.165, 1.54) is 24.8 Å². The average Bonchev–Trinajstić information content (AvgIpc) is 2.92. The fraction of sp³-hybridized carbons (Fsp3) is 0.647. The van der Waals surface area contributed by atoms with Crippen LogP contribution in [0.3, 0.4) is 0 Å². The molecule has 1 heterocycles. The van der Waals surface area contributed by atoms with Gasteiger partial charge >= 0.3 is 0 Å². The van der Waals surface area contributed by atoms with Crippen molar-refractivity contribution in [1.29, 1.82) is 0 Å². The summed E-state index contributed by atoms with van der Waals surface area (Å²) in [5.41, 5.74) is 1.18. The Morgan fingerprint density at radius 3 is 2.86 bits per heavy atom. The van der Waals surface area contributed by atoms with Crippen molar-refractivity contribution in [2.45, 2.75) is 32.7 Å². The molecule has 116 valence electrons. The molecule has 4 nitrogen and oxygen atoms in total. The molecule has 0 radical (unpaired) electrons. The molecular formula is C17H25NO3. The van der Waals surface area contributed by atoms with Gasteiger partial charge in [-0.15, -0.1) is 0 Å². The van der Waals surface area contributed by atoms with Crippen LogP contribution in [0.25, 0.3) is 0 Å². The standard InChI is InChI=1S/C17H25NO3/c1-12-4-3-5-14(12)11-18-10-13-8-15(19-2)17-16(9-13)20-6-7-21-17/h8-9,12,14,18H,3-7,10-11H2,1-2H3. The lowest BCUT2D eigenvalue weighted by molar-refractivity contribution is 0.165. The van der Waals surface area contributed by atoms with Gasteiger partial charge in [-0.1, -0.05) is 19.8 Å². The largest absolute Gasteiger partial charge is 0.493 e. The predicted molar refractivity (Wildman–Crippen MR) is 82.2 cm³/mol. The quantitative estimate of drug-likeness (QED) is 0.905. The highest BCUT2D eigenvalue weighted by molar-refractivity contribution is 5.54. The summed E-state index contributed by atoms with van der Waals surface area (Å²) in [6.07, 6.45) is 4.12. The number of benzene rings is 1. The zero-order valence-electron chi connectivity index (χ0n) is 13.0. The lowest BCUT2D eigenvalue weighted by Crippen LogP contribution is -2.24. The lowest BCUT2D eigenvalue weighted by Gasteiger charge is -2.22. The van der Waals surface area contributed by atoms with Gasteiger partial charge in [-0.2, -0.15) is 0 Å². The summed E-state index contributed by atoms with van der Waals surface area (Å²) in [5.74, 6) is 3.97. The van der Waals surface area contributed by atoms with Gasteiger partial charge in [0.25, 0.3) is 0 Å². The Bertz CT molecular complexity index is 472. The first kappa shape index (κ1) is 14.5. The Morgan fingerprint density at radius 1 is 1.24 bits per heavy atom. The number of ether oxygens (including phenoxy) is 3. The van der Waals surface area contributed by atoms with E-state index in [1.807, 2.05) is 6.07 Å². The average molecular weight is 291 g/mol. The van der Waals surface area contributed by atoms with Crippen molar-refractivity contribution in [3.63, 3.8) is 0 Å². The van der Waals surface area contributed by atoms with E-state index >= 15 is 0 Å². The zero-order valence-corrected chi connectivity index (χ0v) is 13.0. The van der Waals surface area contributed by atoms with E-state index < -0.39 is 0 Å². The molecule has 0 amide bonds. The fourth-order valence-electron chi connectivity index (χ4n) is 3.36. The number of hydrogen-bond donors (Lipinski definition) is 1. The highest BCUT2D eigenvalue weighted by Gasteiger charge is 2.23. The van der Waals surface area contributed by atoms with Gasteiger partial charge in [0.15, 0.2) is 11.5 Å². The molecule has 2 unspecified atom stereocenters. The van der Waals surface area contributed by atoms with Gasteiger partial charge in [0.05, 0.1) is 7.11 Å². The molecule has 1 aromatic rings. The maximum atomic E-state index is 5.67. The summed E-state index contributed by atoms with van der Waals surface area (Å²) >= 11 is 0. The summed E-state index contributed by atoms with van der Waals surface area (Å²) in [5, 5.41) is 3.58. The van der Waals surface area contributed by atoms with E-state index in [0.29, 0.717) is 13.2 Å². The minimum atomic E-state index is 0.584. The van der Waals surface area contributed by atoms with Gasteiger partial charge < -0.3 is 19.5 Å². The Kier molecular flexibility index (Phi) is 4.54. The maximum Gasteiger partial charge on any atom is 0.203 e. The molecule has 1 aliphatic heterocycles. The number of fused-ring (bicyclic) bond motifs is 1. The molecule has 0 aromatic heterocycles. The summed E-state index contributed by atoms with van der Waals surface area (Å²) in [6.45, 7) is 5.49. The Hall–Kier alpha value is -1.42. The van der Waals surface area contributed by atoms with Crippen LogP contribution in [0.1, 0.15) is 31.7 Å². The van der Waals surface area contributed by atoms with Gasteiger partial charge in [0, 0.05) is 6.54 Å². The maximum absolute atomic E-state index is 5.67. The van der Waals surface area contributed by atoms with E-state index in [1.54, 1.807) is 7.11 Å². The van der Waals surface area contributed by atoms with Crippen molar-refractivity contribution in [2.24, 2.45) is 11.8 Å². The van der Waals surface area contributed by atoms with Crippen LogP contribution in [0, 0.1) is 11.8 Å². The summed E-state index contributed by atoms with van der Waals surface area (Å²) in [4.78, 5) is 0. The monoisotopic (exact) mass is 291 g/mol. The highest BCUT2D eigenvalue weighted by atomic mass is 16.6.